The first-order chi connectivity index (χ1) is 6.35. The van der Waals surface area contributed by atoms with Crippen molar-refractivity contribution in [3.05, 3.63) is 0 Å². The van der Waals surface area contributed by atoms with Gasteiger partial charge in [-0.2, -0.15) is 0 Å². The number of hydrogen-bond donors (Lipinski definition) is 1. The minimum Gasteiger partial charge on any atom is -0.314 e. The Hall–Kier alpha value is -0.0800. The number of hydrogen-bond acceptors (Lipinski definition) is 2. The van der Waals surface area contributed by atoms with Gasteiger partial charge in [0.15, 0.2) is 0 Å². The summed E-state index contributed by atoms with van der Waals surface area (Å²) < 4.78 is 0. The monoisotopic (exact) mass is 182 g/mol. The van der Waals surface area contributed by atoms with Crippen molar-refractivity contribution in [3.8, 4) is 0 Å². The summed E-state index contributed by atoms with van der Waals surface area (Å²) in [6.07, 6.45) is 5.66. The van der Waals surface area contributed by atoms with Gasteiger partial charge in [0.1, 0.15) is 0 Å². The van der Waals surface area contributed by atoms with Crippen LogP contribution in [0, 0.1) is 0 Å². The first-order valence-electron chi connectivity index (χ1n) is 5.84. The molecule has 2 bridgehead atoms. The molecule has 0 aromatic heterocycles. The standard InChI is InChI=1S/C11H22N2/c1-3-12-9-7-10-5-6-11(8-9)13(10)4-2/h9-12H,3-8H2,1-2H3. The van der Waals surface area contributed by atoms with Gasteiger partial charge in [-0.15, -0.1) is 0 Å². The first-order valence-corrected chi connectivity index (χ1v) is 5.84. The Morgan fingerprint density at radius 3 is 2.23 bits per heavy atom. The molecule has 2 saturated heterocycles. The van der Waals surface area contributed by atoms with E-state index in [9.17, 15) is 0 Å². The molecule has 13 heavy (non-hydrogen) atoms. The number of nitrogens with one attached hydrogen (secondary N) is 1. The molecular formula is C11H22N2. The maximum Gasteiger partial charge on any atom is 0.0113 e. The molecule has 2 aliphatic rings. The van der Waals surface area contributed by atoms with E-state index in [1.54, 1.807) is 0 Å². The second-order valence-electron chi connectivity index (χ2n) is 4.44. The molecule has 2 fully saturated rings. The summed E-state index contributed by atoms with van der Waals surface area (Å²) >= 11 is 0. The van der Waals surface area contributed by atoms with Gasteiger partial charge >= 0.3 is 0 Å². The molecule has 2 atom stereocenters. The predicted octanol–water partition coefficient (Wildman–Crippen LogP) is 1.61. The van der Waals surface area contributed by atoms with Crippen molar-refractivity contribution < 1.29 is 0 Å². The number of piperidine rings is 1. The third kappa shape index (κ3) is 1.75. The van der Waals surface area contributed by atoms with E-state index in [1.165, 1.54) is 32.2 Å². The van der Waals surface area contributed by atoms with Gasteiger partial charge in [0.05, 0.1) is 0 Å². The Morgan fingerprint density at radius 2 is 1.77 bits per heavy atom. The van der Waals surface area contributed by atoms with Crippen molar-refractivity contribution in [3.63, 3.8) is 0 Å². The molecule has 2 rings (SSSR count). The smallest absolute Gasteiger partial charge is 0.0113 e. The van der Waals surface area contributed by atoms with Crippen molar-refractivity contribution >= 4 is 0 Å². The lowest BCUT2D eigenvalue weighted by Gasteiger charge is -2.38. The summed E-state index contributed by atoms with van der Waals surface area (Å²) in [7, 11) is 0. The summed E-state index contributed by atoms with van der Waals surface area (Å²) in [5.74, 6) is 0. The van der Waals surface area contributed by atoms with Gasteiger partial charge in [0.25, 0.3) is 0 Å². The fourth-order valence-electron chi connectivity index (χ4n) is 3.25. The van der Waals surface area contributed by atoms with Gasteiger partial charge < -0.3 is 5.32 Å². The Morgan fingerprint density at radius 1 is 1.15 bits per heavy atom. The number of rotatable bonds is 3. The van der Waals surface area contributed by atoms with E-state index in [-0.39, 0.29) is 0 Å². The Balaban J connectivity index is 1.94. The molecule has 0 spiro atoms. The third-order valence-electron chi connectivity index (χ3n) is 3.74. The zero-order valence-electron chi connectivity index (χ0n) is 8.92. The summed E-state index contributed by atoms with van der Waals surface area (Å²) in [5.41, 5.74) is 0. The molecule has 2 nitrogen and oxygen atoms in total. The predicted molar refractivity (Wildman–Crippen MR) is 55.9 cm³/mol. The molecule has 2 aliphatic heterocycles. The normalized spacial score (nSPS) is 39.7. The lowest BCUT2D eigenvalue weighted by Crippen LogP contribution is -2.48. The minimum atomic E-state index is 0.810. The van der Waals surface area contributed by atoms with Crippen LogP contribution in [0.1, 0.15) is 39.5 Å². The van der Waals surface area contributed by atoms with Crippen LogP contribution in [-0.2, 0) is 0 Å². The molecule has 0 saturated carbocycles. The maximum atomic E-state index is 3.60. The van der Waals surface area contributed by atoms with E-state index in [2.05, 4.69) is 24.1 Å². The van der Waals surface area contributed by atoms with Gasteiger partial charge in [0.2, 0.25) is 0 Å². The highest BCUT2D eigenvalue weighted by Gasteiger charge is 2.39. The molecule has 2 heterocycles. The van der Waals surface area contributed by atoms with E-state index in [4.69, 9.17) is 0 Å². The van der Waals surface area contributed by atoms with Gasteiger partial charge in [-0.1, -0.05) is 13.8 Å². The largest absolute Gasteiger partial charge is 0.314 e. The SMILES string of the molecule is CCNC1CC2CCC(C1)N2CC. The van der Waals surface area contributed by atoms with Crippen molar-refractivity contribution in [2.24, 2.45) is 0 Å². The molecule has 0 aromatic rings. The van der Waals surface area contributed by atoms with Gasteiger partial charge in [-0.05, 0) is 38.8 Å². The van der Waals surface area contributed by atoms with Gasteiger partial charge in [0, 0.05) is 18.1 Å². The summed E-state index contributed by atoms with van der Waals surface area (Å²) in [6.45, 7) is 6.91. The molecule has 0 amide bonds. The van der Waals surface area contributed by atoms with Gasteiger partial charge in [-0.3, -0.25) is 4.90 Å². The van der Waals surface area contributed by atoms with Crippen LogP contribution in [0.15, 0.2) is 0 Å². The number of fused-ring (bicyclic) bond motifs is 2. The van der Waals surface area contributed by atoms with Crippen LogP contribution in [0.2, 0.25) is 0 Å². The van der Waals surface area contributed by atoms with Crippen LogP contribution < -0.4 is 5.32 Å². The van der Waals surface area contributed by atoms with E-state index in [1.807, 2.05) is 0 Å². The zero-order chi connectivity index (χ0) is 9.26. The Bertz CT molecular complexity index is 155. The summed E-state index contributed by atoms with van der Waals surface area (Å²) in [5, 5.41) is 3.60. The second kappa shape index (κ2) is 3.97. The third-order valence-corrected chi connectivity index (χ3v) is 3.74. The lowest BCUT2D eigenvalue weighted by atomic mass is 9.97. The fraction of sp³-hybridized carbons (Fsp3) is 1.00. The molecule has 2 heteroatoms. The molecule has 2 unspecified atom stereocenters. The topological polar surface area (TPSA) is 15.3 Å². The van der Waals surface area contributed by atoms with Crippen LogP contribution in [-0.4, -0.2) is 36.1 Å². The van der Waals surface area contributed by atoms with Crippen molar-refractivity contribution in [2.75, 3.05) is 13.1 Å². The second-order valence-corrected chi connectivity index (χ2v) is 4.44. The van der Waals surface area contributed by atoms with Crippen LogP contribution >= 0.6 is 0 Å². The van der Waals surface area contributed by atoms with E-state index >= 15 is 0 Å². The molecule has 0 aliphatic carbocycles. The maximum absolute atomic E-state index is 3.60. The van der Waals surface area contributed by atoms with Crippen LogP contribution in [0.3, 0.4) is 0 Å². The minimum absolute atomic E-state index is 0.810. The van der Waals surface area contributed by atoms with Crippen LogP contribution in [0.4, 0.5) is 0 Å². The van der Waals surface area contributed by atoms with E-state index < -0.39 is 0 Å². The van der Waals surface area contributed by atoms with E-state index in [0.717, 1.165) is 24.7 Å². The number of nitrogens with zero attached hydrogens (tertiary/aromatic N) is 1. The molecule has 0 radical (unpaired) electrons. The van der Waals surface area contributed by atoms with E-state index in [0.29, 0.717) is 0 Å². The molecular weight excluding hydrogens is 160 g/mol. The average molecular weight is 182 g/mol. The fourth-order valence-corrected chi connectivity index (χ4v) is 3.25. The summed E-state index contributed by atoms with van der Waals surface area (Å²) in [4.78, 5) is 2.72. The zero-order valence-corrected chi connectivity index (χ0v) is 8.92. The van der Waals surface area contributed by atoms with Crippen LogP contribution in [0.25, 0.3) is 0 Å². The van der Waals surface area contributed by atoms with Crippen molar-refractivity contribution in [2.45, 2.75) is 57.7 Å². The first kappa shape index (κ1) is 9.47. The van der Waals surface area contributed by atoms with Gasteiger partial charge in [-0.25, -0.2) is 0 Å². The lowest BCUT2D eigenvalue weighted by molar-refractivity contribution is 0.124. The quantitative estimate of drug-likeness (QED) is 0.713. The summed E-state index contributed by atoms with van der Waals surface area (Å²) in [6, 6.07) is 2.60. The molecule has 1 N–H and O–H groups in total. The van der Waals surface area contributed by atoms with Crippen molar-refractivity contribution in [1.82, 2.24) is 10.2 Å². The highest BCUT2D eigenvalue weighted by molar-refractivity contribution is 4.96. The highest BCUT2D eigenvalue weighted by atomic mass is 15.2. The average Bonchev–Trinajstić information content (AvgIpc) is 2.37. The Labute approximate surface area is 81.7 Å². The van der Waals surface area contributed by atoms with Crippen molar-refractivity contribution in [1.29, 1.82) is 0 Å². The van der Waals surface area contributed by atoms with Crippen LogP contribution in [0.5, 0.6) is 0 Å². The molecule has 76 valence electrons. The Kier molecular flexibility index (Phi) is 2.89. The molecule has 0 aromatic carbocycles. The highest BCUT2D eigenvalue weighted by Crippen LogP contribution is 2.35.